The van der Waals surface area contributed by atoms with Crippen LogP contribution in [0.3, 0.4) is 0 Å². The molecule has 0 spiro atoms. The Morgan fingerprint density at radius 1 is 1.03 bits per heavy atom. The molecule has 29 heavy (non-hydrogen) atoms. The minimum Gasteiger partial charge on any atom is -0.330 e. The first-order valence-corrected chi connectivity index (χ1v) is 12.5. The molecule has 0 bridgehead atoms. The number of rotatable bonds is 5. The van der Waals surface area contributed by atoms with Crippen LogP contribution in [0.15, 0.2) is 51.8 Å². The van der Waals surface area contributed by atoms with Crippen molar-refractivity contribution in [1.82, 2.24) is 14.5 Å². The van der Waals surface area contributed by atoms with Crippen molar-refractivity contribution in [2.75, 3.05) is 18.4 Å². The van der Waals surface area contributed by atoms with Crippen LogP contribution in [0.25, 0.3) is 10.6 Å². The molecule has 2 heterocycles. The number of nitrogens with one attached hydrogen (secondary N) is 1. The zero-order valence-electron chi connectivity index (χ0n) is 15.3. The third-order valence-corrected chi connectivity index (χ3v) is 8.68. The Balaban J connectivity index is 1.48. The molecule has 1 aliphatic heterocycles. The van der Waals surface area contributed by atoms with Crippen molar-refractivity contribution in [1.29, 1.82) is 0 Å². The number of benzene rings is 2. The Bertz CT molecular complexity index is 1110. The van der Waals surface area contributed by atoms with E-state index in [1.54, 1.807) is 28.6 Å². The van der Waals surface area contributed by atoms with E-state index >= 15 is 0 Å². The average molecular weight is 514 g/mol. The van der Waals surface area contributed by atoms with Crippen molar-refractivity contribution in [2.45, 2.75) is 24.2 Å². The molecular weight excluding hydrogens is 496 g/mol. The number of hydrogen-bond donors (Lipinski definition) is 1. The predicted octanol–water partition coefficient (Wildman–Crippen LogP) is 5.54. The van der Waals surface area contributed by atoms with Crippen LogP contribution in [-0.2, 0) is 10.0 Å². The lowest BCUT2D eigenvalue weighted by Crippen LogP contribution is -2.35. The second kappa shape index (κ2) is 8.69. The summed E-state index contributed by atoms with van der Waals surface area (Å²) in [6.45, 7) is 1.19. The maximum Gasteiger partial charge on any atom is 0.243 e. The molecule has 152 valence electrons. The topological polar surface area (TPSA) is 75.2 Å². The minimum atomic E-state index is -3.43. The molecule has 0 atom stereocenters. The molecule has 2 aromatic carbocycles. The van der Waals surface area contributed by atoms with Gasteiger partial charge in [0.05, 0.1) is 9.92 Å². The zero-order valence-corrected chi connectivity index (χ0v) is 19.3. The highest BCUT2D eigenvalue weighted by Crippen LogP contribution is 2.33. The van der Waals surface area contributed by atoms with Crippen molar-refractivity contribution in [2.24, 2.45) is 0 Å². The quantitative estimate of drug-likeness (QED) is 0.485. The van der Waals surface area contributed by atoms with Crippen molar-refractivity contribution in [3.05, 3.63) is 52.0 Å². The standard InChI is InChI=1S/C19H18BrClN4O2S2/c20-16-9-4-13(12-17(16)21)18-23-24-19(28-18)22-14-5-7-15(8-6-14)29(26,27)25-10-2-1-3-11-25/h4-9,12H,1-3,10-11H2,(H,22,24). The molecule has 6 nitrogen and oxygen atoms in total. The predicted molar refractivity (Wildman–Crippen MR) is 120 cm³/mol. The molecule has 1 saturated heterocycles. The van der Waals surface area contributed by atoms with Crippen LogP contribution < -0.4 is 5.32 Å². The van der Waals surface area contributed by atoms with Gasteiger partial charge in [0.25, 0.3) is 0 Å². The molecule has 1 fully saturated rings. The van der Waals surface area contributed by atoms with Crippen LogP contribution in [0.1, 0.15) is 19.3 Å². The van der Waals surface area contributed by atoms with E-state index < -0.39 is 10.0 Å². The van der Waals surface area contributed by atoms with E-state index in [1.807, 2.05) is 18.2 Å². The van der Waals surface area contributed by atoms with Gasteiger partial charge in [0.15, 0.2) is 0 Å². The van der Waals surface area contributed by atoms with E-state index in [9.17, 15) is 8.42 Å². The molecule has 1 aliphatic rings. The number of anilines is 2. The molecular formula is C19H18BrClN4O2S2. The monoisotopic (exact) mass is 512 g/mol. The van der Waals surface area contributed by atoms with Crippen molar-refractivity contribution in [3.63, 3.8) is 0 Å². The second-order valence-corrected chi connectivity index (χ2v) is 10.8. The molecule has 10 heteroatoms. The van der Waals surface area contributed by atoms with Gasteiger partial charge < -0.3 is 5.32 Å². The number of hydrogen-bond acceptors (Lipinski definition) is 6. The molecule has 3 aromatic rings. The summed E-state index contributed by atoms with van der Waals surface area (Å²) in [5.41, 5.74) is 1.63. The first-order valence-electron chi connectivity index (χ1n) is 9.10. The lowest BCUT2D eigenvalue weighted by molar-refractivity contribution is 0.346. The van der Waals surface area contributed by atoms with E-state index in [0.717, 1.165) is 40.0 Å². The zero-order chi connectivity index (χ0) is 20.4. The summed E-state index contributed by atoms with van der Waals surface area (Å²) in [5, 5.41) is 13.5. The summed E-state index contributed by atoms with van der Waals surface area (Å²) < 4.78 is 27.9. The molecule has 1 N–H and O–H groups in total. The van der Waals surface area contributed by atoms with Crippen molar-refractivity contribution in [3.8, 4) is 10.6 Å². The van der Waals surface area contributed by atoms with Gasteiger partial charge in [-0.1, -0.05) is 35.4 Å². The smallest absolute Gasteiger partial charge is 0.243 e. The molecule has 0 aliphatic carbocycles. The normalized spacial score (nSPS) is 15.4. The van der Waals surface area contributed by atoms with E-state index in [1.165, 1.54) is 11.3 Å². The van der Waals surface area contributed by atoms with Gasteiger partial charge in [-0.2, -0.15) is 4.31 Å². The van der Waals surface area contributed by atoms with Crippen LogP contribution in [0.4, 0.5) is 10.8 Å². The Hall–Kier alpha value is -1.52. The number of halogens is 2. The second-order valence-electron chi connectivity index (χ2n) is 6.66. The third kappa shape index (κ3) is 4.64. The molecule has 1 aromatic heterocycles. The fourth-order valence-corrected chi connectivity index (χ4v) is 5.81. The van der Waals surface area contributed by atoms with E-state index in [4.69, 9.17) is 11.6 Å². The van der Waals surface area contributed by atoms with Gasteiger partial charge >= 0.3 is 0 Å². The maximum atomic E-state index is 12.7. The maximum absolute atomic E-state index is 12.7. The largest absolute Gasteiger partial charge is 0.330 e. The number of sulfonamides is 1. The number of nitrogens with zero attached hydrogens (tertiary/aromatic N) is 3. The summed E-state index contributed by atoms with van der Waals surface area (Å²) in [7, 11) is -3.43. The highest BCUT2D eigenvalue weighted by Gasteiger charge is 2.25. The van der Waals surface area contributed by atoms with Crippen LogP contribution in [0.2, 0.25) is 5.02 Å². The summed E-state index contributed by atoms with van der Waals surface area (Å²) in [6.07, 6.45) is 2.93. The summed E-state index contributed by atoms with van der Waals surface area (Å²) in [6, 6.07) is 12.4. The van der Waals surface area contributed by atoms with Crippen LogP contribution in [0.5, 0.6) is 0 Å². The number of piperidine rings is 1. The first kappa shape index (κ1) is 20.7. The Morgan fingerprint density at radius 2 is 1.76 bits per heavy atom. The SMILES string of the molecule is O=S(=O)(c1ccc(Nc2nnc(-c3ccc(Br)c(Cl)c3)s2)cc1)N1CCCCC1. The van der Waals surface area contributed by atoms with Gasteiger partial charge in [0.1, 0.15) is 5.01 Å². The van der Waals surface area contributed by atoms with Crippen molar-refractivity contribution >= 4 is 59.7 Å². The van der Waals surface area contributed by atoms with Gasteiger partial charge in [-0.25, -0.2) is 8.42 Å². The highest BCUT2D eigenvalue weighted by atomic mass is 79.9. The van der Waals surface area contributed by atoms with Crippen LogP contribution >= 0.6 is 38.9 Å². The molecule has 0 amide bonds. The van der Waals surface area contributed by atoms with Crippen LogP contribution in [0, 0.1) is 0 Å². The summed E-state index contributed by atoms with van der Waals surface area (Å²) in [4.78, 5) is 0.312. The summed E-state index contributed by atoms with van der Waals surface area (Å²) in [5.74, 6) is 0. The van der Waals surface area contributed by atoms with Gasteiger partial charge in [-0.05, 0) is 65.2 Å². The highest BCUT2D eigenvalue weighted by molar-refractivity contribution is 9.10. The summed E-state index contributed by atoms with van der Waals surface area (Å²) >= 11 is 10.9. The fraction of sp³-hybridized carbons (Fsp3) is 0.263. The molecule has 0 saturated carbocycles. The van der Waals surface area contributed by atoms with Crippen LogP contribution in [-0.4, -0.2) is 36.0 Å². The average Bonchev–Trinajstić information content (AvgIpc) is 3.19. The lowest BCUT2D eigenvalue weighted by Gasteiger charge is -2.25. The van der Waals surface area contributed by atoms with E-state index in [-0.39, 0.29) is 0 Å². The van der Waals surface area contributed by atoms with Gasteiger partial charge in [0, 0.05) is 28.8 Å². The molecule has 0 unspecified atom stereocenters. The van der Waals surface area contributed by atoms with Gasteiger partial charge in [-0.3, -0.25) is 0 Å². The Kier molecular flexibility index (Phi) is 6.21. The van der Waals surface area contributed by atoms with Gasteiger partial charge in [0.2, 0.25) is 15.2 Å². The first-order chi connectivity index (χ1) is 13.9. The van der Waals surface area contributed by atoms with Gasteiger partial charge in [-0.15, -0.1) is 10.2 Å². The molecule has 4 rings (SSSR count). The Labute approximate surface area is 187 Å². The Morgan fingerprint density at radius 3 is 2.45 bits per heavy atom. The fourth-order valence-electron chi connectivity index (χ4n) is 3.11. The van der Waals surface area contributed by atoms with Crippen molar-refractivity contribution < 1.29 is 8.42 Å². The van der Waals surface area contributed by atoms with E-state index in [2.05, 4.69) is 31.4 Å². The number of aromatic nitrogens is 2. The lowest BCUT2D eigenvalue weighted by atomic mass is 10.2. The minimum absolute atomic E-state index is 0.312. The molecule has 0 radical (unpaired) electrons. The third-order valence-electron chi connectivity index (χ3n) is 4.65. The van der Waals surface area contributed by atoms with E-state index in [0.29, 0.717) is 28.1 Å².